The summed E-state index contributed by atoms with van der Waals surface area (Å²) in [6.45, 7) is 6.11. The quantitative estimate of drug-likeness (QED) is 0.422. The lowest BCUT2D eigenvalue weighted by atomic mass is 10.1. The smallest absolute Gasteiger partial charge is 0.244 e. The van der Waals surface area contributed by atoms with E-state index >= 15 is 0 Å². The Morgan fingerprint density at radius 1 is 1.09 bits per heavy atom. The van der Waals surface area contributed by atoms with Crippen molar-refractivity contribution in [3.05, 3.63) is 59.7 Å². The van der Waals surface area contributed by atoms with E-state index in [-0.39, 0.29) is 12.5 Å². The van der Waals surface area contributed by atoms with Crippen LogP contribution in [0.3, 0.4) is 0 Å². The van der Waals surface area contributed by atoms with E-state index in [0.29, 0.717) is 24.4 Å². The largest absolute Gasteiger partial charge is 0.497 e. The van der Waals surface area contributed by atoms with Crippen LogP contribution >= 0.6 is 0 Å². The molecular weight excluding hydrogens is 466 g/mol. The third-order valence-corrected chi connectivity index (χ3v) is 6.98. The average Bonchev–Trinajstić information content (AvgIpc) is 2.82. The van der Waals surface area contributed by atoms with E-state index in [4.69, 9.17) is 4.74 Å². The highest BCUT2D eigenvalue weighted by atomic mass is 32.2. The SMILES string of the molecule is CCCCNC(=O)[C@H](CC)N(Cc1ccccc1C)C(=O)CN(c1cccc(OC)c1)S(C)(=O)=O. The second kappa shape index (κ2) is 13.1. The number of hydrogen-bond acceptors (Lipinski definition) is 5. The first-order chi connectivity index (χ1) is 16.6. The fourth-order valence-electron chi connectivity index (χ4n) is 3.78. The van der Waals surface area contributed by atoms with Crippen molar-refractivity contribution in [2.75, 3.05) is 30.8 Å². The highest BCUT2D eigenvalue weighted by Gasteiger charge is 2.32. The van der Waals surface area contributed by atoms with E-state index in [1.54, 1.807) is 24.3 Å². The molecule has 9 heteroatoms. The second-order valence-corrected chi connectivity index (χ2v) is 10.4. The van der Waals surface area contributed by atoms with Gasteiger partial charge in [0.25, 0.3) is 0 Å². The molecule has 0 heterocycles. The molecule has 8 nitrogen and oxygen atoms in total. The number of amides is 2. The summed E-state index contributed by atoms with van der Waals surface area (Å²) in [7, 11) is -2.30. The van der Waals surface area contributed by atoms with Crippen molar-refractivity contribution in [3.8, 4) is 5.75 Å². The second-order valence-electron chi connectivity index (χ2n) is 8.49. The molecule has 0 saturated heterocycles. The minimum absolute atomic E-state index is 0.195. The van der Waals surface area contributed by atoms with Gasteiger partial charge >= 0.3 is 0 Å². The van der Waals surface area contributed by atoms with Crippen LogP contribution in [0.25, 0.3) is 0 Å². The van der Waals surface area contributed by atoms with Gasteiger partial charge in [0.05, 0.1) is 19.1 Å². The van der Waals surface area contributed by atoms with Gasteiger partial charge in [0, 0.05) is 19.2 Å². The van der Waals surface area contributed by atoms with Gasteiger partial charge in [0.1, 0.15) is 18.3 Å². The van der Waals surface area contributed by atoms with Crippen molar-refractivity contribution in [2.24, 2.45) is 0 Å². The van der Waals surface area contributed by atoms with E-state index in [0.717, 1.165) is 34.5 Å². The summed E-state index contributed by atoms with van der Waals surface area (Å²) in [5.41, 5.74) is 2.20. The van der Waals surface area contributed by atoms with E-state index in [2.05, 4.69) is 5.32 Å². The lowest BCUT2D eigenvalue weighted by molar-refractivity contribution is -0.140. The zero-order valence-electron chi connectivity index (χ0n) is 21.3. The molecule has 0 aliphatic heterocycles. The Labute approximate surface area is 209 Å². The maximum Gasteiger partial charge on any atom is 0.244 e. The molecule has 0 bridgehead atoms. The van der Waals surface area contributed by atoms with Crippen molar-refractivity contribution >= 4 is 27.5 Å². The molecule has 2 rings (SSSR count). The molecule has 2 aromatic carbocycles. The van der Waals surface area contributed by atoms with Crippen LogP contribution in [0.4, 0.5) is 5.69 Å². The Kier molecular flexibility index (Phi) is 10.6. The van der Waals surface area contributed by atoms with Gasteiger partial charge in [-0.25, -0.2) is 8.42 Å². The van der Waals surface area contributed by atoms with Gasteiger partial charge in [-0.3, -0.25) is 13.9 Å². The van der Waals surface area contributed by atoms with Gasteiger partial charge < -0.3 is 15.0 Å². The summed E-state index contributed by atoms with van der Waals surface area (Å²) in [6.07, 6.45) is 3.23. The van der Waals surface area contributed by atoms with Gasteiger partial charge in [-0.2, -0.15) is 0 Å². The molecule has 0 aliphatic rings. The third kappa shape index (κ3) is 7.99. The summed E-state index contributed by atoms with van der Waals surface area (Å²) in [4.78, 5) is 28.2. The maximum absolute atomic E-state index is 13.7. The number of ether oxygens (including phenoxy) is 1. The molecule has 35 heavy (non-hydrogen) atoms. The van der Waals surface area contributed by atoms with Crippen LogP contribution in [0.2, 0.25) is 0 Å². The van der Waals surface area contributed by atoms with Crippen molar-refractivity contribution in [1.82, 2.24) is 10.2 Å². The number of benzene rings is 2. The van der Waals surface area contributed by atoms with Crippen LogP contribution in [0.15, 0.2) is 48.5 Å². The fourth-order valence-corrected chi connectivity index (χ4v) is 4.62. The molecule has 0 saturated carbocycles. The zero-order valence-corrected chi connectivity index (χ0v) is 22.1. The highest BCUT2D eigenvalue weighted by molar-refractivity contribution is 7.92. The molecule has 0 unspecified atom stereocenters. The number of anilines is 1. The van der Waals surface area contributed by atoms with E-state index in [1.807, 2.05) is 45.0 Å². The van der Waals surface area contributed by atoms with Crippen LogP contribution in [0, 0.1) is 6.92 Å². The molecule has 1 N–H and O–H groups in total. The van der Waals surface area contributed by atoms with Gasteiger partial charge in [-0.1, -0.05) is 50.6 Å². The van der Waals surface area contributed by atoms with Gasteiger partial charge in [0.15, 0.2) is 0 Å². The third-order valence-electron chi connectivity index (χ3n) is 5.84. The Morgan fingerprint density at radius 3 is 2.40 bits per heavy atom. The van der Waals surface area contributed by atoms with Crippen LogP contribution in [0.1, 0.15) is 44.2 Å². The molecular formula is C26H37N3O5S. The van der Waals surface area contributed by atoms with Gasteiger partial charge in [-0.15, -0.1) is 0 Å². The maximum atomic E-state index is 13.7. The molecule has 2 amide bonds. The number of sulfonamides is 1. The van der Waals surface area contributed by atoms with Crippen molar-refractivity contribution in [1.29, 1.82) is 0 Å². The monoisotopic (exact) mass is 503 g/mol. The lowest BCUT2D eigenvalue weighted by Crippen LogP contribution is -2.52. The van der Waals surface area contributed by atoms with Crippen molar-refractivity contribution in [2.45, 2.75) is 52.6 Å². The molecule has 0 aliphatic carbocycles. The van der Waals surface area contributed by atoms with E-state index in [1.165, 1.54) is 12.0 Å². The molecule has 0 fully saturated rings. The number of carbonyl (C=O) groups excluding carboxylic acids is 2. The van der Waals surface area contributed by atoms with Crippen LogP contribution in [-0.4, -0.2) is 57.6 Å². The van der Waals surface area contributed by atoms with Gasteiger partial charge in [0.2, 0.25) is 21.8 Å². The Balaban J connectivity index is 2.43. The number of unbranched alkanes of at least 4 members (excludes halogenated alkanes) is 1. The number of nitrogens with zero attached hydrogens (tertiary/aromatic N) is 2. The van der Waals surface area contributed by atoms with E-state index in [9.17, 15) is 18.0 Å². The van der Waals surface area contributed by atoms with Crippen LogP contribution < -0.4 is 14.4 Å². The van der Waals surface area contributed by atoms with Crippen LogP contribution in [-0.2, 0) is 26.2 Å². The number of aryl methyl sites for hydroxylation is 1. The minimum atomic E-state index is -3.79. The summed E-state index contributed by atoms with van der Waals surface area (Å²) in [6, 6.07) is 13.5. The van der Waals surface area contributed by atoms with E-state index < -0.39 is 28.5 Å². The molecule has 0 spiro atoms. The fraction of sp³-hybridized carbons (Fsp3) is 0.462. The van der Waals surface area contributed by atoms with Gasteiger partial charge in [-0.05, 0) is 43.0 Å². The lowest BCUT2D eigenvalue weighted by Gasteiger charge is -2.33. The average molecular weight is 504 g/mol. The summed E-state index contributed by atoms with van der Waals surface area (Å²) >= 11 is 0. The Bertz CT molecular complexity index is 1100. The highest BCUT2D eigenvalue weighted by Crippen LogP contribution is 2.24. The molecule has 192 valence electrons. The van der Waals surface area contributed by atoms with Crippen molar-refractivity contribution < 1.29 is 22.7 Å². The number of nitrogens with one attached hydrogen (secondary N) is 1. The number of hydrogen-bond donors (Lipinski definition) is 1. The number of rotatable bonds is 13. The summed E-state index contributed by atoms with van der Waals surface area (Å²) < 4.78 is 31.6. The zero-order chi connectivity index (χ0) is 26.0. The first-order valence-electron chi connectivity index (χ1n) is 11.9. The van der Waals surface area contributed by atoms with Crippen molar-refractivity contribution in [3.63, 3.8) is 0 Å². The summed E-state index contributed by atoms with van der Waals surface area (Å²) in [5, 5.41) is 2.92. The molecule has 0 aromatic heterocycles. The molecule has 0 radical (unpaired) electrons. The predicted molar refractivity (Wildman–Crippen MR) is 139 cm³/mol. The summed E-state index contributed by atoms with van der Waals surface area (Å²) in [5.74, 6) is -0.226. The predicted octanol–water partition coefficient (Wildman–Crippen LogP) is 3.49. The normalized spacial score (nSPS) is 12.0. The minimum Gasteiger partial charge on any atom is -0.497 e. The number of carbonyl (C=O) groups is 2. The molecule has 1 atom stereocenters. The standard InChI is InChI=1S/C26H37N3O5S/c1-6-8-16-27-26(31)24(7-2)28(18-21-13-10-9-12-20(21)3)25(30)19-29(35(5,32)33)22-14-11-15-23(17-22)34-4/h9-15,17,24H,6-8,16,18-19H2,1-5H3,(H,27,31)/t24-/m0/s1. The molecule has 2 aromatic rings. The first-order valence-corrected chi connectivity index (χ1v) is 13.7. The van der Waals surface area contributed by atoms with Crippen LogP contribution in [0.5, 0.6) is 5.75 Å². The Hall–Kier alpha value is -3.07. The topological polar surface area (TPSA) is 96.0 Å². The first kappa shape index (κ1) is 28.2. The Morgan fingerprint density at radius 2 is 1.80 bits per heavy atom. The number of methoxy groups -OCH3 is 1.